The molecule has 1 aromatic rings. The number of hydrogen-bond acceptors (Lipinski definition) is 5. The molecule has 146 valence electrons. The van der Waals surface area contributed by atoms with Crippen LogP contribution in [0.4, 0.5) is 14.5 Å². The van der Waals surface area contributed by atoms with Gasteiger partial charge in [0.15, 0.2) is 5.78 Å². The van der Waals surface area contributed by atoms with Gasteiger partial charge in [-0.05, 0) is 12.1 Å². The van der Waals surface area contributed by atoms with E-state index < -0.39 is 17.9 Å². The van der Waals surface area contributed by atoms with Crippen molar-refractivity contribution in [2.75, 3.05) is 17.6 Å². The predicted molar refractivity (Wildman–Crippen MR) is 98.4 cm³/mol. The van der Waals surface area contributed by atoms with E-state index in [1.54, 1.807) is 26.8 Å². The van der Waals surface area contributed by atoms with Crippen molar-refractivity contribution in [1.29, 1.82) is 0 Å². The van der Waals surface area contributed by atoms with Gasteiger partial charge in [-0.2, -0.15) is 8.78 Å². The Morgan fingerprint density at radius 3 is 2.63 bits per heavy atom. The first-order valence-electron chi connectivity index (χ1n) is 8.11. The van der Waals surface area contributed by atoms with Crippen LogP contribution in [0.3, 0.4) is 0 Å². The second-order valence-electron chi connectivity index (χ2n) is 6.79. The van der Waals surface area contributed by atoms with E-state index in [2.05, 4.69) is 10.1 Å². The molecule has 9 heteroatoms. The second kappa shape index (κ2) is 8.51. The molecule has 2 rings (SSSR count). The van der Waals surface area contributed by atoms with Crippen molar-refractivity contribution < 1.29 is 27.9 Å². The van der Waals surface area contributed by atoms with Crippen LogP contribution in [0.1, 0.15) is 20.8 Å². The quantitative estimate of drug-likeness (QED) is 0.745. The zero-order valence-corrected chi connectivity index (χ0v) is 15.9. The van der Waals surface area contributed by atoms with E-state index in [1.165, 1.54) is 40.9 Å². The predicted octanol–water partition coefficient (Wildman–Crippen LogP) is 3.26. The normalized spacial score (nSPS) is 16.1. The molecular formula is C18H20F2N2O4S. The lowest BCUT2D eigenvalue weighted by Gasteiger charge is -2.19. The Hall–Kier alpha value is -2.42. The maximum Gasteiger partial charge on any atom is 0.387 e. The summed E-state index contributed by atoms with van der Waals surface area (Å²) in [6.07, 6.45) is 1.36. The number of thioether (sulfide) groups is 1. The van der Waals surface area contributed by atoms with Crippen molar-refractivity contribution >= 4 is 35.0 Å². The number of rotatable bonds is 6. The van der Waals surface area contributed by atoms with Crippen LogP contribution in [0.15, 0.2) is 35.4 Å². The summed E-state index contributed by atoms with van der Waals surface area (Å²) in [6.45, 7) is 1.90. The molecule has 2 amide bonds. The summed E-state index contributed by atoms with van der Waals surface area (Å²) in [5, 5.41) is 2.85. The number of amides is 2. The lowest BCUT2D eigenvalue weighted by molar-refractivity contribution is -0.129. The van der Waals surface area contributed by atoms with Gasteiger partial charge in [0.25, 0.3) is 0 Å². The van der Waals surface area contributed by atoms with E-state index in [4.69, 9.17) is 0 Å². The molecule has 1 saturated heterocycles. The first kappa shape index (κ1) is 20.9. The first-order valence-corrected chi connectivity index (χ1v) is 9.09. The summed E-state index contributed by atoms with van der Waals surface area (Å²) in [7, 11) is 0. The van der Waals surface area contributed by atoms with Crippen LogP contribution in [-0.2, 0) is 14.4 Å². The summed E-state index contributed by atoms with van der Waals surface area (Å²) in [6, 6.07) is 5.76. The number of nitrogens with zero attached hydrogens (tertiary/aromatic N) is 1. The van der Waals surface area contributed by atoms with Gasteiger partial charge in [0, 0.05) is 11.5 Å². The Bertz CT molecular complexity index is 775. The third-order valence-electron chi connectivity index (χ3n) is 3.58. The lowest BCUT2D eigenvalue weighted by atomic mass is 9.91. The highest BCUT2D eigenvalue weighted by molar-refractivity contribution is 8.04. The zero-order chi connectivity index (χ0) is 20.2. The molecule has 1 aromatic carbocycles. The number of allylic oxidation sites excluding steroid dienone is 1. The number of hydrogen-bond donors (Lipinski definition) is 1. The van der Waals surface area contributed by atoms with Gasteiger partial charge in [-0.1, -0.05) is 44.7 Å². The van der Waals surface area contributed by atoms with E-state index in [9.17, 15) is 23.2 Å². The molecular weight excluding hydrogens is 378 g/mol. The number of ketones is 1. The van der Waals surface area contributed by atoms with Crippen molar-refractivity contribution in [1.82, 2.24) is 4.90 Å². The first-order chi connectivity index (χ1) is 12.6. The Balaban J connectivity index is 2.11. The van der Waals surface area contributed by atoms with Crippen LogP contribution < -0.4 is 10.1 Å². The smallest absolute Gasteiger partial charge is 0.387 e. The molecule has 0 unspecified atom stereocenters. The monoisotopic (exact) mass is 398 g/mol. The Morgan fingerprint density at radius 1 is 1.33 bits per heavy atom. The Morgan fingerprint density at radius 2 is 2.00 bits per heavy atom. The maximum absolute atomic E-state index is 12.5. The molecule has 0 radical (unpaired) electrons. The fourth-order valence-corrected chi connectivity index (χ4v) is 3.07. The van der Waals surface area contributed by atoms with Gasteiger partial charge in [-0.3, -0.25) is 19.3 Å². The fraction of sp³-hybridized carbons (Fsp3) is 0.389. The highest BCUT2D eigenvalue weighted by Gasteiger charge is 2.31. The van der Waals surface area contributed by atoms with E-state index >= 15 is 0 Å². The molecule has 0 spiro atoms. The minimum atomic E-state index is -3.03. The van der Waals surface area contributed by atoms with Crippen LogP contribution in [0, 0.1) is 5.41 Å². The average molecular weight is 398 g/mol. The highest BCUT2D eigenvalue weighted by Crippen LogP contribution is 2.31. The summed E-state index contributed by atoms with van der Waals surface area (Å²) in [5.41, 5.74) is -0.544. The van der Waals surface area contributed by atoms with Crippen LogP contribution in [0.5, 0.6) is 5.75 Å². The number of nitrogens with one attached hydrogen (secondary N) is 1. The van der Waals surface area contributed by atoms with Gasteiger partial charge in [0.05, 0.1) is 16.5 Å². The van der Waals surface area contributed by atoms with Gasteiger partial charge in [0.1, 0.15) is 12.3 Å². The number of anilines is 1. The molecule has 6 nitrogen and oxygen atoms in total. The number of alkyl halides is 2. The van der Waals surface area contributed by atoms with Gasteiger partial charge >= 0.3 is 6.61 Å². The maximum atomic E-state index is 12.5. The van der Waals surface area contributed by atoms with Gasteiger partial charge in [-0.25, -0.2) is 0 Å². The van der Waals surface area contributed by atoms with Crippen LogP contribution in [0.2, 0.25) is 0 Å². The van der Waals surface area contributed by atoms with E-state index in [0.717, 1.165) is 0 Å². The number of ether oxygens (including phenoxy) is 1. The van der Waals surface area contributed by atoms with E-state index in [1.807, 2.05) is 0 Å². The zero-order valence-electron chi connectivity index (χ0n) is 15.1. The topological polar surface area (TPSA) is 75.7 Å². The average Bonchev–Trinajstić information content (AvgIpc) is 2.88. The standard InChI is InChI=1S/C18H20F2N2O4S/c1-18(2,3)13(23)8-16-22(15(25)10-27-16)9-14(24)21-11-6-4-5-7-12(11)26-17(19)20/h4-8,17H,9-10H2,1-3H3,(H,21,24)/b16-8-. The Kier molecular flexibility index (Phi) is 6.59. The van der Waals surface area contributed by atoms with E-state index in [-0.39, 0.29) is 35.4 Å². The lowest BCUT2D eigenvalue weighted by Crippen LogP contribution is -2.34. The van der Waals surface area contributed by atoms with Crippen molar-refractivity contribution in [3.8, 4) is 5.75 Å². The number of carbonyl (C=O) groups excluding carboxylic acids is 3. The van der Waals surface area contributed by atoms with Gasteiger partial charge < -0.3 is 10.1 Å². The Labute approximate surface area is 159 Å². The molecule has 1 heterocycles. The molecule has 27 heavy (non-hydrogen) atoms. The van der Waals surface area contributed by atoms with Crippen LogP contribution in [0.25, 0.3) is 0 Å². The summed E-state index contributed by atoms with van der Waals surface area (Å²) < 4.78 is 29.3. The summed E-state index contributed by atoms with van der Waals surface area (Å²) >= 11 is 1.18. The minimum Gasteiger partial charge on any atom is -0.433 e. The molecule has 1 fully saturated rings. The van der Waals surface area contributed by atoms with Crippen molar-refractivity contribution in [2.45, 2.75) is 27.4 Å². The summed E-state index contributed by atoms with van der Waals surface area (Å²) in [4.78, 5) is 37.8. The summed E-state index contributed by atoms with van der Waals surface area (Å²) in [5.74, 6) is -1.12. The second-order valence-corrected chi connectivity index (χ2v) is 7.78. The molecule has 0 atom stereocenters. The molecule has 1 aliphatic rings. The molecule has 0 bridgehead atoms. The van der Waals surface area contributed by atoms with Crippen molar-refractivity contribution in [3.63, 3.8) is 0 Å². The van der Waals surface area contributed by atoms with Gasteiger partial charge in [-0.15, -0.1) is 0 Å². The molecule has 1 aliphatic heterocycles. The highest BCUT2D eigenvalue weighted by atomic mass is 32.2. The van der Waals surface area contributed by atoms with Crippen LogP contribution >= 0.6 is 11.8 Å². The third-order valence-corrected chi connectivity index (χ3v) is 4.61. The number of para-hydroxylation sites is 2. The van der Waals surface area contributed by atoms with Crippen LogP contribution in [-0.4, -0.2) is 41.4 Å². The number of halogens is 2. The van der Waals surface area contributed by atoms with Gasteiger partial charge in [0.2, 0.25) is 11.8 Å². The number of benzene rings is 1. The SMILES string of the molecule is CC(C)(C)C(=O)/C=C1\SCC(=O)N1CC(=O)Nc1ccccc1OC(F)F. The third kappa shape index (κ3) is 5.78. The van der Waals surface area contributed by atoms with E-state index in [0.29, 0.717) is 5.03 Å². The largest absolute Gasteiger partial charge is 0.433 e. The number of carbonyl (C=O) groups is 3. The molecule has 0 saturated carbocycles. The fourth-order valence-electron chi connectivity index (χ4n) is 2.13. The van der Waals surface area contributed by atoms with Crippen molar-refractivity contribution in [2.24, 2.45) is 5.41 Å². The molecule has 0 aliphatic carbocycles. The molecule has 0 aromatic heterocycles. The molecule has 1 N–H and O–H groups in total. The minimum absolute atomic E-state index is 0.0680. The van der Waals surface area contributed by atoms with Crippen molar-refractivity contribution in [3.05, 3.63) is 35.4 Å².